The Morgan fingerprint density at radius 1 is 0.769 bits per heavy atom. The number of halogens is 6. The van der Waals surface area contributed by atoms with Crippen LogP contribution in [0.25, 0.3) is 0 Å². The smallest absolute Gasteiger partial charge is 0.260 e. The molecule has 0 N–H and O–H groups in total. The lowest BCUT2D eigenvalue weighted by Crippen LogP contribution is -2.49. The van der Waals surface area contributed by atoms with E-state index in [0.717, 1.165) is 10.6 Å². The molecule has 1 saturated heterocycles. The number of carbonyl (C=O) groups excluding carboxylic acids is 1. The molecule has 1 aliphatic heterocycles. The highest BCUT2D eigenvalue weighted by Gasteiger charge is 2.33. The largest absolute Gasteiger partial charge is 0.368 e. The number of hydrogen-bond acceptors (Lipinski definition) is 2. The molecular weight excluding hydrogens is 379 g/mol. The van der Waals surface area contributed by atoms with Gasteiger partial charge in [-0.15, -0.1) is 0 Å². The van der Waals surface area contributed by atoms with Crippen molar-refractivity contribution in [3.63, 3.8) is 0 Å². The van der Waals surface area contributed by atoms with Gasteiger partial charge in [-0.25, -0.2) is 22.0 Å². The standard InChI is InChI=1S/C17H12ClF5N2O/c18-9-1-3-10(4-2-9)24-5-7-25(8-6-24)17(26)11-12(19)14(21)16(23)15(22)13(11)20/h1-4H,5-8H2. The molecule has 3 rings (SSSR count). The second-order valence-corrected chi connectivity index (χ2v) is 6.14. The van der Waals surface area contributed by atoms with Crippen LogP contribution in [-0.4, -0.2) is 37.0 Å². The number of rotatable bonds is 2. The van der Waals surface area contributed by atoms with Gasteiger partial charge in [0.25, 0.3) is 5.91 Å². The number of piperazine rings is 1. The molecule has 1 fully saturated rings. The molecule has 0 aromatic heterocycles. The summed E-state index contributed by atoms with van der Waals surface area (Å²) in [7, 11) is 0. The van der Waals surface area contributed by atoms with E-state index >= 15 is 0 Å². The number of nitrogens with zero attached hydrogens (tertiary/aromatic N) is 2. The molecule has 0 unspecified atom stereocenters. The molecule has 0 radical (unpaired) electrons. The molecule has 2 aromatic rings. The lowest BCUT2D eigenvalue weighted by Gasteiger charge is -2.36. The number of amides is 1. The Bertz CT molecular complexity index is 822. The summed E-state index contributed by atoms with van der Waals surface area (Å²) in [5, 5.41) is 0.564. The van der Waals surface area contributed by atoms with Crippen LogP contribution in [0, 0.1) is 29.1 Å². The number of hydrogen-bond donors (Lipinski definition) is 0. The fraction of sp³-hybridized carbons (Fsp3) is 0.235. The van der Waals surface area contributed by atoms with Crippen LogP contribution >= 0.6 is 11.6 Å². The number of carbonyl (C=O) groups is 1. The van der Waals surface area contributed by atoms with Crippen LogP contribution in [0.2, 0.25) is 5.02 Å². The molecule has 9 heteroatoms. The molecule has 3 nitrogen and oxygen atoms in total. The van der Waals surface area contributed by atoms with Gasteiger partial charge in [0, 0.05) is 36.9 Å². The molecule has 0 saturated carbocycles. The molecule has 138 valence electrons. The van der Waals surface area contributed by atoms with Crippen LogP contribution in [0.1, 0.15) is 10.4 Å². The van der Waals surface area contributed by atoms with Crippen molar-refractivity contribution in [1.82, 2.24) is 4.90 Å². The number of benzene rings is 2. The lowest BCUT2D eigenvalue weighted by atomic mass is 10.1. The van der Waals surface area contributed by atoms with Crippen molar-refractivity contribution < 1.29 is 26.7 Å². The van der Waals surface area contributed by atoms with Crippen LogP contribution in [0.5, 0.6) is 0 Å². The van der Waals surface area contributed by atoms with Crippen molar-refractivity contribution in [3.05, 3.63) is 63.9 Å². The summed E-state index contributed by atoms with van der Waals surface area (Å²) in [6, 6.07) is 6.96. The average molecular weight is 391 g/mol. The molecule has 0 spiro atoms. The molecule has 1 aliphatic rings. The van der Waals surface area contributed by atoms with E-state index in [1.807, 2.05) is 4.90 Å². The van der Waals surface area contributed by atoms with Crippen LogP contribution in [0.3, 0.4) is 0 Å². The molecule has 0 atom stereocenters. The Labute approximate surface area is 150 Å². The first-order valence-corrected chi connectivity index (χ1v) is 8.00. The van der Waals surface area contributed by atoms with Crippen molar-refractivity contribution in [2.75, 3.05) is 31.1 Å². The van der Waals surface area contributed by atoms with Crippen molar-refractivity contribution in [2.45, 2.75) is 0 Å². The molecular formula is C17H12ClF5N2O. The van der Waals surface area contributed by atoms with Gasteiger partial charge in [0.2, 0.25) is 5.82 Å². The van der Waals surface area contributed by atoms with Crippen LogP contribution in [-0.2, 0) is 0 Å². The third-order valence-corrected chi connectivity index (χ3v) is 4.43. The van der Waals surface area contributed by atoms with E-state index in [-0.39, 0.29) is 13.1 Å². The van der Waals surface area contributed by atoms with Gasteiger partial charge in [-0.1, -0.05) is 11.6 Å². The maximum atomic E-state index is 13.8. The fourth-order valence-corrected chi connectivity index (χ4v) is 2.90. The summed E-state index contributed by atoms with van der Waals surface area (Å²) < 4.78 is 67.3. The fourth-order valence-electron chi connectivity index (χ4n) is 2.77. The number of anilines is 1. The summed E-state index contributed by atoms with van der Waals surface area (Å²) in [5.41, 5.74) is -0.584. The maximum Gasteiger partial charge on any atom is 0.260 e. The summed E-state index contributed by atoms with van der Waals surface area (Å²) in [4.78, 5) is 15.3. The first-order chi connectivity index (χ1) is 12.3. The van der Waals surface area contributed by atoms with E-state index in [4.69, 9.17) is 11.6 Å². The van der Waals surface area contributed by atoms with E-state index in [1.165, 1.54) is 0 Å². The van der Waals surface area contributed by atoms with Gasteiger partial charge >= 0.3 is 0 Å². The highest BCUT2D eigenvalue weighted by molar-refractivity contribution is 6.30. The summed E-state index contributed by atoms with van der Waals surface area (Å²) >= 11 is 5.82. The predicted molar refractivity (Wildman–Crippen MR) is 85.8 cm³/mol. The Morgan fingerprint density at radius 3 is 1.73 bits per heavy atom. The lowest BCUT2D eigenvalue weighted by molar-refractivity contribution is 0.0733. The van der Waals surface area contributed by atoms with E-state index in [2.05, 4.69) is 0 Å². The third kappa shape index (κ3) is 3.21. The van der Waals surface area contributed by atoms with E-state index in [0.29, 0.717) is 18.1 Å². The average Bonchev–Trinajstić information content (AvgIpc) is 2.65. The quantitative estimate of drug-likeness (QED) is 0.439. The van der Waals surface area contributed by atoms with Crippen molar-refractivity contribution in [2.24, 2.45) is 0 Å². The topological polar surface area (TPSA) is 23.6 Å². The highest BCUT2D eigenvalue weighted by atomic mass is 35.5. The minimum atomic E-state index is -2.29. The molecule has 26 heavy (non-hydrogen) atoms. The van der Waals surface area contributed by atoms with Gasteiger partial charge in [-0.05, 0) is 24.3 Å². The zero-order valence-electron chi connectivity index (χ0n) is 13.2. The monoisotopic (exact) mass is 390 g/mol. The second-order valence-electron chi connectivity index (χ2n) is 5.70. The Hall–Kier alpha value is -2.35. The van der Waals surface area contributed by atoms with Crippen LogP contribution in [0.4, 0.5) is 27.6 Å². The minimum Gasteiger partial charge on any atom is -0.368 e. The highest BCUT2D eigenvalue weighted by Crippen LogP contribution is 2.25. The van der Waals surface area contributed by atoms with Gasteiger partial charge < -0.3 is 9.80 Å². The van der Waals surface area contributed by atoms with Gasteiger partial charge in [0.15, 0.2) is 23.3 Å². The van der Waals surface area contributed by atoms with Gasteiger partial charge in [-0.2, -0.15) is 0 Å². The van der Waals surface area contributed by atoms with E-state index < -0.39 is 40.6 Å². The van der Waals surface area contributed by atoms with Crippen molar-refractivity contribution >= 4 is 23.2 Å². The van der Waals surface area contributed by atoms with Crippen LogP contribution < -0.4 is 4.90 Å². The third-order valence-electron chi connectivity index (χ3n) is 4.18. The van der Waals surface area contributed by atoms with Gasteiger partial charge in [-0.3, -0.25) is 4.79 Å². The van der Waals surface area contributed by atoms with E-state index in [9.17, 15) is 26.7 Å². The van der Waals surface area contributed by atoms with Gasteiger partial charge in [0.05, 0.1) is 0 Å². The Kier molecular flexibility index (Phi) is 5.04. The van der Waals surface area contributed by atoms with E-state index in [1.54, 1.807) is 24.3 Å². The summed E-state index contributed by atoms with van der Waals surface area (Å²) in [6.07, 6.45) is 0. The molecule has 1 amide bonds. The maximum absolute atomic E-state index is 13.8. The molecule has 0 bridgehead atoms. The molecule has 2 aromatic carbocycles. The summed E-state index contributed by atoms with van der Waals surface area (Å²) in [6.45, 7) is 0.813. The molecule has 0 aliphatic carbocycles. The zero-order valence-corrected chi connectivity index (χ0v) is 14.0. The van der Waals surface area contributed by atoms with Crippen molar-refractivity contribution in [1.29, 1.82) is 0 Å². The normalized spacial score (nSPS) is 14.7. The first-order valence-electron chi connectivity index (χ1n) is 7.62. The Morgan fingerprint density at radius 2 is 1.23 bits per heavy atom. The second kappa shape index (κ2) is 7.11. The van der Waals surface area contributed by atoms with Crippen LogP contribution in [0.15, 0.2) is 24.3 Å². The molecule has 1 heterocycles. The minimum absolute atomic E-state index is 0.0704. The SMILES string of the molecule is O=C(c1c(F)c(F)c(F)c(F)c1F)N1CCN(c2ccc(Cl)cc2)CC1. The zero-order chi connectivity index (χ0) is 19.0. The Balaban J connectivity index is 1.78. The first kappa shape index (κ1) is 18.4. The summed E-state index contributed by atoms with van der Waals surface area (Å²) in [5.74, 6) is -12.0. The van der Waals surface area contributed by atoms with Gasteiger partial charge in [0.1, 0.15) is 5.56 Å². The van der Waals surface area contributed by atoms with Crippen molar-refractivity contribution in [3.8, 4) is 0 Å². The predicted octanol–water partition coefficient (Wildman–Crippen LogP) is 4.00.